The zero-order valence-corrected chi connectivity index (χ0v) is 16.0. The summed E-state index contributed by atoms with van der Waals surface area (Å²) < 4.78 is 13.3. The molecule has 3 aromatic rings. The minimum absolute atomic E-state index is 0.0428. The molecule has 4 heterocycles. The molecule has 2 fully saturated rings. The molecular formula is C19H22N4O3S. The summed E-state index contributed by atoms with van der Waals surface area (Å²) in [5.74, 6) is 0.426. The lowest BCUT2D eigenvalue weighted by molar-refractivity contribution is -0.187. The van der Waals surface area contributed by atoms with Crippen LogP contribution < -0.4 is 0 Å². The van der Waals surface area contributed by atoms with Gasteiger partial charge in [-0.05, 0) is 12.5 Å². The van der Waals surface area contributed by atoms with Crippen LogP contribution in [0.25, 0.3) is 4.96 Å². The summed E-state index contributed by atoms with van der Waals surface area (Å²) in [7, 11) is 0. The standard InChI is InChI=1S/C19H22N4O3S/c1-13-20-18-23(21-13)17(24)16(27-18)15(14-5-3-2-4-6-14)22-9-7-19(8-10-22)25-11-12-26-19/h2-6,15,24H,7-12H2,1H3/t15-/m1/s1. The van der Waals surface area contributed by atoms with Crippen LogP contribution in [-0.4, -0.2) is 56.7 Å². The molecule has 2 aromatic heterocycles. The van der Waals surface area contributed by atoms with Crippen LogP contribution in [0.2, 0.25) is 0 Å². The molecule has 2 aliphatic rings. The Bertz CT molecular complexity index is 939. The highest BCUT2D eigenvalue weighted by molar-refractivity contribution is 7.17. The number of likely N-dealkylation sites (tertiary alicyclic amines) is 1. The highest BCUT2D eigenvalue weighted by Crippen LogP contribution is 2.42. The third kappa shape index (κ3) is 2.93. The van der Waals surface area contributed by atoms with Crippen molar-refractivity contribution in [2.45, 2.75) is 31.6 Å². The number of benzene rings is 1. The molecule has 1 atom stereocenters. The molecule has 27 heavy (non-hydrogen) atoms. The van der Waals surface area contributed by atoms with Gasteiger partial charge in [0.25, 0.3) is 0 Å². The first-order chi connectivity index (χ1) is 13.2. The summed E-state index contributed by atoms with van der Waals surface area (Å²) >= 11 is 1.50. The average molecular weight is 386 g/mol. The maximum absolute atomic E-state index is 10.9. The minimum Gasteiger partial charge on any atom is -0.492 e. The van der Waals surface area contributed by atoms with Gasteiger partial charge in [0.05, 0.1) is 24.1 Å². The molecule has 0 unspecified atom stereocenters. The Labute approximate surface area is 161 Å². The van der Waals surface area contributed by atoms with E-state index in [0.717, 1.165) is 41.3 Å². The van der Waals surface area contributed by atoms with Gasteiger partial charge >= 0.3 is 0 Å². The molecular weight excluding hydrogens is 364 g/mol. The molecule has 7 nitrogen and oxygen atoms in total. The first-order valence-corrected chi connectivity index (χ1v) is 10.1. The van der Waals surface area contributed by atoms with Crippen LogP contribution in [0.3, 0.4) is 0 Å². The number of aryl methyl sites for hydroxylation is 1. The fraction of sp³-hybridized carbons (Fsp3) is 0.474. The van der Waals surface area contributed by atoms with Crippen molar-refractivity contribution in [3.05, 3.63) is 46.6 Å². The molecule has 142 valence electrons. The van der Waals surface area contributed by atoms with Crippen molar-refractivity contribution in [2.75, 3.05) is 26.3 Å². The van der Waals surface area contributed by atoms with Crippen molar-refractivity contribution in [3.63, 3.8) is 0 Å². The zero-order chi connectivity index (χ0) is 18.4. The second kappa shape index (κ2) is 6.56. The van der Waals surface area contributed by atoms with E-state index in [2.05, 4.69) is 27.1 Å². The van der Waals surface area contributed by atoms with Crippen molar-refractivity contribution in [3.8, 4) is 5.88 Å². The SMILES string of the molecule is Cc1nc2sc([C@@H](c3ccccc3)N3CCC4(CC3)OCCO4)c(O)n2n1. The minimum atomic E-state index is -0.414. The van der Waals surface area contributed by atoms with Crippen LogP contribution in [0.15, 0.2) is 30.3 Å². The van der Waals surface area contributed by atoms with Gasteiger partial charge in [-0.2, -0.15) is 4.52 Å². The van der Waals surface area contributed by atoms with Crippen molar-refractivity contribution in [1.82, 2.24) is 19.5 Å². The van der Waals surface area contributed by atoms with Crippen LogP contribution >= 0.6 is 11.3 Å². The number of hydrogen-bond donors (Lipinski definition) is 1. The molecule has 0 amide bonds. The van der Waals surface area contributed by atoms with E-state index in [-0.39, 0.29) is 11.9 Å². The Balaban J connectivity index is 1.51. The lowest BCUT2D eigenvalue weighted by atomic mass is 9.97. The van der Waals surface area contributed by atoms with Crippen molar-refractivity contribution in [2.24, 2.45) is 0 Å². The van der Waals surface area contributed by atoms with Gasteiger partial charge < -0.3 is 14.6 Å². The molecule has 5 rings (SSSR count). The summed E-state index contributed by atoms with van der Waals surface area (Å²) in [6, 6.07) is 10.3. The second-order valence-corrected chi connectivity index (χ2v) is 8.11. The lowest BCUT2D eigenvalue weighted by Gasteiger charge is -2.41. The Kier molecular flexibility index (Phi) is 4.16. The molecule has 1 spiro atoms. The Morgan fingerprint density at radius 2 is 1.85 bits per heavy atom. The number of hydrogen-bond acceptors (Lipinski definition) is 7. The molecule has 1 N–H and O–H groups in total. The smallest absolute Gasteiger partial charge is 0.230 e. The van der Waals surface area contributed by atoms with Gasteiger partial charge in [-0.25, -0.2) is 4.98 Å². The molecule has 0 saturated carbocycles. The number of thiazole rings is 1. The van der Waals surface area contributed by atoms with E-state index in [4.69, 9.17) is 9.47 Å². The number of aromatic nitrogens is 3. The van der Waals surface area contributed by atoms with Gasteiger partial charge in [0, 0.05) is 25.9 Å². The Morgan fingerprint density at radius 3 is 2.52 bits per heavy atom. The van der Waals surface area contributed by atoms with Gasteiger partial charge in [-0.1, -0.05) is 41.7 Å². The van der Waals surface area contributed by atoms with Gasteiger partial charge in [0.15, 0.2) is 5.79 Å². The van der Waals surface area contributed by atoms with Gasteiger partial charge in [0.2, 0.25) is 10.8 Å². The highest BCUT2D eigenvalue weighted by Gasteiger charge is 2.42. The second-order valence-electron chi connectivity index (χ2n) is 7.10. The number of fused-ring (bicyclic) bond motifs is 1. The molecule has 0 bridgehead atoms. The number of rotatable bonds is 3. The summed E-state index contributed by atoms with van der Waals surface area (Å²) in [6.45, 7) is 4.86. The van der Waals surface area contributed by atoms with Crippen LogP contribution in [0.4, 0.5) is 0 Å². The molecule has 2 aliphatic heterocycles. The summed E-state index contributed by atoms with van der Waals surface area (Å²) in [5, 5.41) is 15.2. The maximum atomic E-state index is 10.9. The predicted octanol–water partition coefficient (Wildman–Crippen LogP) is 2.73. The van der Waals surface area contributed by atoms with Crippen LogP contribution in [-0.2, 0) is 9.47 Å². The van der Waals surface area contributed by atoms with Crippen molar-refractivity contribution >= 4 is 16.3 Å². The summed E-state index contributed by atoms with van der Waals surface area (Å²) in [5.41, 5.74) is 1.15. The molecule has 2 saturated heterocycles. The average Bonchev–Trinajstić information content (AvgIpc) is 3.36. The topological polar surface area (TPSA) is 72.1 Å². The van der Waals surface area contributed by atoms with E-state index < -0.39 is 5.79 Å². The lowest BCUT2D eigenvalue weighted by Crippen LogP contribution is -2.46. The fourth-order valence-electron chi connectivity index (χ4n) is 4.10. The van der Waals surface area contributed by atoms with E-state index in [1.54, 1.807) is 4.52 Å². The molecule has 0 radical (unpaired) electrons. The number of piperidine rings is 1. The molecule has 0 aliphatic carbocycles. The van der Waals surface area contributed by atoms with Gasteiger partial charge in [-0.15, -0.1) is 5.10 Å². The normalized spacial score (nSPS) is 21.2. The monoisotopic (exact) mass is 386 g/mol. The van der Waals surface area contributed by atoms with E-state index in [0.29, 0.717) is 19.0 Å². The zero-order valence-electron chi connectivity index (χ0n) is 15.2. The molecule has 8 heteroatoms. The van der Waals surface area contributed by atoms with Crippen molar-refractivity contribution in [1.29, 1.82) is 0 Å². The summed E-state index contributed by atoms with van der Waals surface area (Å²) in [4.78, 5) is 8.41. The molecule has 1 aromatic carbocycles. The first-order valence-electron chi connectivity index (χ1n) is 9.27. The third-order valence-electron chi connectivity index (χ3n) is 5.41. The highest BCUT2D eigenvalue weighted by atomic mass is 32.1. The fourth-order valence-corrected chi connectivity index (χ4v) is 5.26. The first kappa shape index (κ1) is 17.1. The van der Waals surface area contributed by atoms with Crippen LogP contribution in [0, 0.1) is 6.92 Å². The third-order valence-corrected chi connectivity index (χ3v) is 6.48. The van der Waals surface area contributed by atoms with Crippen LogP contribution in [0.5, 0.6) is 5.88 Å². The number of ether oxygens (including phenoxy) is 2. The van der Waals surface area contributed by atoms with E-state index in [9.17, 15) is 5.11 Å². The van der Waals surface area contributed by atoms with Gasteiger partial charge in [0.1, 0.15) is 5.82 Å². The summed E-state index contributed by atoms with van der Waals surface area (Å²) in [6.07, 6.45) is 1.66. The number of aromatic hydroxyl groups is 1. The van der Waals surface area contributed by atoms with Crippen molar-refractivity contribution < 1.29 is 14.6 Å². The number of nitrogens with zero attached hydrogens (tertiary/aromatic N) is 4. The van der Waals surface area contributed by atoms with Gasteiger partial charge in [-0.3, -0.25) is 4.90 Å². The predicted molar refractivity (Wildman–Crippen MR) is 101 cm³/mol. The Hall–Kier alpha value is -2.00. The largest absolute Gasteiger partial charge is 0.492 e. The van der Waals surface area contributed by atoms with E-state index in [1.807, 2.05) is 25.1 Å². The van der Waals surface area contributed by atoms with Crippen LogP contribution in [0.1, 0.15) is 35.1 Å². The quantitative estimate of drug-likeness (QED) is 0.746. The Morgan fingerprint density at radius 1 is 1.15 bits per heavy atom. The van der Waals surface area contributed by atoms with E-state index in [1.165, 1.54) is 11.3 Å². The maximum Gasteiger partial charge on any atom is 0.230 e. The van der Waals surface area contributed by atoms with E-state index >= 15 is 0 Å².